The summed E-state index contributed by atoms with van der Waals surface area (Å²) in [6.45, 7) is 9.89. The first kappa shape index (κ1) is 16.7. The largest absolute Gasteiger partial charge is 0.363 e. The lowest BCUT2D eigenvalue weighted by molar-refractivity contribution is -0.384. The maximum absolute atomic E-state index is 10.9. The molecule has 0 aliphatic rings. The van der Waals surface area contributed by atoms with Crippen LogP contribution >= 0.6 is 11.6 Å². The van der Waals surface area contributed by atoms with E-state index in [-0.39, 0.29) is 16.5 Å². The fourth-order valence-corrected chi connectivity index (χ4v) is 2.27. The summed E-state index contributed by atoms with van der Waals surface area (Å²) < 4.78 is 0. The highest BCUT2D eigenvalue weighted by Crippen LogP contribution is 2.24. The second-order valence-corrected chi connectivity index (χ2v) is 5.57. The zero-order valence-corrected chi connectivity index (χ0v) is 13.0. The molecule has 0 aliphatic carbocycles. The van der Waals surface area contributed by atoms with Gasteiger partial charge in [-0.25, -0.2) is 4.98 Å². The van der Waals surface area contributed by atoms with Crippen molar-refractivity contribution in [1.29, 1.82) is 0 Å². The lowest BCUT2D eigenvalue weighted by atomic mass is 10.2. The summed E-state index contributed by atoms with van der Waals surface area (Å²) in [6.07, 6.45) is 1.40. The molecule has 0 amide bonds. The monoisotopic (exact) mass is 300 g/mol. The SMILES string of the molecule is CC(C)N(CCNc1ncc(Cl)cc1[N+](=O)[O-])C(C)C. The first-order valence-electron chi connectivity index (χ1n) is 6.62. The summed E-state index contributed by atoms with van der Waals surface area (Å²) in [4.78, 5) is 16.7. The number of halogens is 1. The second kappa shape index (κ2) is 7.40. The zero-order valence-electron chi connectivity index (χ0n) is 12.3. The van der Waals surface area contributed by atoms with Crippen LogP contribution in [0, 0.1) is 10.1 Å². The zero-order chi connectivity index (χ0) is 15.3. The van der Waals surface area contributed by atoms with Crippen LogP contribution in [0.1, 0.15) is 27.7 Å². The molecule has 1 aromatic rings. The number of nitro groups is 1. The van der Waals surface area contributed by atoms with E-state index in [1.807, 2.05) is 0 Å². The molecule has 1 aromatic heterocycles. The number of hydrogen-bond acceptors (Lipinski definition) is 5. The lowest BCUT2D eigenvalue weighted by Gasteiger charge is -2.30. The van der Waals surface area contributed by atoms with Gasteiger partial charge in [-0.2, -0.15) is 0 Å². The first-order valence-corrected chi connectivity index (χ1v) is 7.00. The summed E-state index contributed by atoms with van der Waals surface area (Å²) >= 11 is 5.73. The molecule has 7 heteroatoms. The lowest BCUT2D eigenvalue weighted by Crippen LogP contribution is -2.40. The molecule has 0 saturated heterocycles. The molecule has 0 saturated carbocycles. The predicted octanol–water partition coefficient (Wildman–Crippen LogP) is 3.17. The average Bonchev–Trinajstić information content (AvgIpc) is 2.34. The number of hydrogen-bond donors (Lipinski definition) is 1. The summed E-state index contributed by atoms with van der Waals surface area (Å²) in [6, 6.07) is 2.15. The van der Waals surface area contributed by atoms with E-state index in [0.29, 0.717) is 18.6 Å². The van der Waals surface area contributed by atoms with Gasteiger partial charge in [0.1, 0.15) is 0 Å². The van der Waals surface area contributed by atoms with Gasteiger partial charge < -0.3 is 5.32 Å². The van der Waals surface area contributed by atoms with Crippen molar-refractivity contribution in [2.45, 2.75) is 39.8 Å². The van der Waals surface area contributed by atoms with Gasteiger partial charge >= 0.3 is 5.69 Å². The third kappa shape index (κ3) is 4.61. The van der Waals surface area contributed by atoms with Crippen LogP contribution in [0.15, 0.2) is 12.3 Å². The van der Waals surface area contributed by atoms with Crippen molar-refractivity contribution in [2.75, 3.05) is 18.4 Å². The van der Waals surface area contributed by atoms with E-state index in [0.717, 1.165) is 6.54 Å². The van der Waals surface area contributed by atoms with Crippen LogP contribution in [0.3, 0.4) is 0 Å². The van der Waals surface area contributed by atoms with Gasteiger partial charge in [0.2, 0.25) is 5.82 Å². The molecular formula is C13H21ClN4O2. The van der Waals surface area contributed by atoms with E-state index in [9.17, 15) is 10.1 Å². The van der Waals surface area contributed by atoms with E-state index >= 15 is 0 Å². The molecule has 0 aromatic carbocycles. The van der Waals surface area contributed by atoms with E-state index in [1.54, 1.807) is 0 Å². The molecule has 112 valence electrons. The van der Waals surface area contributed by atoms with E-state index in [1.165, 1.54) is 12.3 Å². The molecule has 20 heavy (non-hydrogen) atoms. The van der Waals surface area contributed by atoms with Crippen LogP contribution in [0.25, 0.3) is 0 Å². The van der Waals surface area contributed by atoms with Crippen LogP contribution in [-0.4, -0.2) is 40.0 Å². The Hall–Kier alpha value is -1.40. The number of rotatable bonds is 7. The van der Waals surface area contributed by atoms with Gasteiger partial charge in [0.25, 0.3) is 0 Å². The summed E-state index contributed by atoms with van der Waals surface area (Å²) in [7, 11) is 0. The highest BCUT2D eigenvalue weighted by atomic mass is 35.5. The molecule has 0 radical (unpaired) electrons. The van der Waals surface area contributed by atoms with Crippen molar-refractivity contribution in [3.8, 4) is 0 Å². The van der Waals surface area contributed by atoms with Crippen LogP contribution in [0.2, 0.25) is 5.02 Å². The van der Waals surface area contributed by atoms with E-state index < -0.39 is 4.92 Å². The summed E-state index contributed by atoms with van der Waals surface area (Å²) in [5.74, 6) is 0.256. The molecule has 0 unspecified atom stereocenters. The smallest absolute Gasteiger partial charge is 0.312 e. The number of aromatic nitrogens is 1. The molecule has 0 spiro atoms. The van der Waals surface area contributed by atoms with Crippen molar-refractivity contribution >= 4 is 23.1 Å². The van der Waals surface area contributed by atoms with Crippen molar-refractivity contribution in [1.82, 2.24) is 9.88 Å². The third-order valence-electron chi connectivity index (χ3n) is 3.02. The fraction of sp³-hybridized carbons (Fsp3) is 0.615. The van der Waals surface area contributed by atoms with Gasteiger partial charge in [-0.3, -0.25) is 15.0 Å². The molecule has 0 aliphatic heterocycles. The Morgan fingerprint density at radius 2 is 2.00 bits per heavy atom. The maximum atomic E-state index is 10.9. The minimum absolute atomic E-state index is 0.0989. The highest BCUT2D eigenvalue weighted by molar-refractivity contribution is 6.30. The Balaban J connectivity index is 2.68. The Labute approximate surface area is 124 Å². The molecule has 0 bridgehead atoms. The number of pyridine rings is 1. The minimum Gasteiger partial charge on any atom is -0.363 e. The topological polar surface area (TPSA) is 71.3 Å². The Kier molecular flexibility index (Phi) is 6.16. The van der Waals surface area contributed by atoms with E-state index in [2.05, 4.69) is 42.9 Å². The molecule has 1 heterocycles. The number of anilines is 1. The number of nitrogens with zero attached hydrogens (tertiary/aromatic N) is 3. The van der Waals surface area contributed by atoms with Gasteiger partial charge in [-0.1, -0.05) is 11.6 Å². The van der Waals surface area contributed by atoms with Crippen molar-refractivity contribution in [2.24, 2.45) is 0 Å². The van der Waals surface area contributed by atoms with Gasteiger partial charge in [0.05, 0.1) is 9.95 Å². The van der Waals surface area contributed by atoms with E-state index in [4.69, 9.17) is 11.6 Å². The van der Waals surface area contributed by atoms with Crippen molar-refractivity contribution in [3.63, 3.8) is 0 Å². The quantitative estimate of drug-likeness (QED) is 0.618. The average molecular weight is 301 g/mol. The number of nitrogens with one attached hydrogen (secondary N) is 1. The summed E-state index contributed by atoms with van der Waals surface area (Å²) in [5, 5.41) is 14.2. The molecule has 1 N–H and O–H groups in total. The Morgan fingerprint density at radius 1 is 1.40 bits per heavy atom. The highest BCUT2D eigenvalue weighted by Gasteiger charge is 2.17. The summed E-state index contributed by atoms with van der Waals surface area (Å²) in [5.41, 5.74) is -0.0989. The molecule has 6 nitrogen and oxygen atoms in total. The first-order chi connectivity index (χ1) is 9.32. The fourth-order valence-electron chi connectivity index (χ4n) is 2.12. The maximum Gasteiger partial charge on any atom is 0.312 e. The Morgan fingerprint density at radius 3 is 2.50 bits per heavy atom. The standard InChI is InChI=1S/C13H21ClN4O2/c1-9(2)17(10(3)4)6-5-15-13-12(18(19)20)7-11(14)8-16-13/h7-10H,5-6H2,1-4H3,(H,15,16). The van der Waals surface area contributed by atoms with Crippen LogP contribution in [0.5, 0.6) is 0 Å². The molecule has 1 rings (SSSR count). The Bertz CT molecular complexity index is 458. The van der Waals surface area contributed by atoms with Crippen LogP contribution < -0.4 is 5.32 Å². The van der Waals surface area contributed by atoms with Gasteiger partial charge in [-0.05, 0) is 27.7 Å². The molecular weight excluding hydrogens is 280 g/mol. The van der Waals surface area contributed by atoms with Crippen LogP contribution in [0.4, 0.5) is 11.5 Å². The van der Waals surface area contributed by atoms with Crippen molar-refractivity contribution in [3.05, 3.63) is 27.4 Å². The van der Waals surface area contributed by atoms with Gasteiger partial charge in [-0.15, -0.1) is 0 Å². The third-order valence-corrected chi connectivity index (χ3v) is 3.23. The van der Waals surface area contributed by atoms with Crippen molar-refractivity contribution < 1.29 is 4.92 Å². The second-order valence-electron chi connectivity index (χ2n) is 5.13. The van der Waals surface area contributed by atoms with Gasteiger partial charge in [0.15, 0.2) is 0 Å². The van der Waals surface area contributed by atoms with Gasteiger partial charge in [0, 0.05) is 37.4 Å². The predicted molar refractivity (Wildman–Crippen MR) is 81.4 cm³/mol. The minimum atomic E-state index is -0.482. The van der Waals surface area contributed by atoms with Crippen LogP contribution in [-0.2, 0) is 0 Å². The normalized spacial score (nSPS) is 11.4. The molecule has 0 atom stereocenters. The molecule has 0 fully saturated rings.